The number of likely N-dealkylation sites (tertiary alicyclic amines) is 1. The topological polar surface area (TPSA) is 103 Å². The van der Waals surface area contributed by atoms with Gasteiger partial charge in [-0.1, -0.05) is 0 Å². The molecule has 1 heterocycles. The number of benzene rings is 2. The lowest BCUT2D eigenvalue weighted by Gasteiger charge is -2.11. The molecule has 2 aromatic carbocycles. The van der Waals surface area contributed by atoms with Crippen molar-refractivity contribution in [3.8, 4) is 6.07 Å². The van der Waals surface area contributed by atoms with E-state index in [4.69, 9.17) is 5.26 Å². The third kappa shape index (κ3) is 4.33. The van der Waals surface area contributed by atoms with Crippen LogP contribution in [-0.2, 0) is 10.0 Å². The molecule has 0 unspecified atom stereocenters. The van der Waals surface area contributed by atoms with Gasteiger partial charge in [-0.25, -0.2) is 0 Å². The van der Waals surface area contributed by atoms with E-state index in [0.717, 1.165) is 13.0 Å². The first-order valence-electron chi connectivity index (χ1n) is 8.35. The van der Waals surface area contributed by atoms with Gasteiger partial charge in [0.25, 0.3) is 15.9 Å². The molecule has 0 aromatic heterocycles. The monoisotopic (exact) mass is 382 g/mol. The normalized spacial score (nSPS) is 15.6. The van der Waals surface area contributed by atoms with Gasteiger partial charge in [0.15, 0.2) is 0 Å². The molecule has 27 heavy (non-hydrogen) atoms. The van der Waals surface area contributed by atoms with Crippen molar-refractivity contribution in [2.45, 2.75) is 17.7 Å². The summed E-state index contributed by atoms with van der Waals surface area (Å²) in [5, 5.41) is 11.5. The molecule has 0 aliphatic carbocycles. The number of sulfonamides is 1. The summed E-state index contributed by atoms with van der Waals surface area (Å²) in [4.78, 5) is 14.1. The highest BCUT2D eigenvalue weighted by Crippen LogP contribution is 2.19. The Balaban J connectivity index is 1.73. The zero-order valence-electron chi connectivity index (χ0n) is 14.7. The van der Waals surface area contributed by atoms with Crippen molar-refractivity contribution >= 4 is 27.5 Å². The van der Waals surface area contributed by atoms with Gasteiger partial charge in [-0.3, -0.25) is 4.79 Å². The average Bonchev–Trinajstić information content (AvgIpc) is 3.06. The van der Waals surface area contributed by atoms with Crippen LogP contribution in [-0.4, -0.2) is 38.7 Å². The maximum atomic E-state index is 12.4. The summed E-state index contributed by atoms with van der Waals surface area (Å²) in [6.07, 6.45) is 1.54. The second-order valence-corrected chi connectivity index (χ2v) is 7.78. The predicted octanol–water partition coefficient (Wildman–Crippen LogP) is 2.62. The first-order chi connectivity index (χ1) is 12.9. The summed E-state index contributed by atoms with van der Waals surface area (Å²) in [5.41, 5.74) is 1.34. The highest BCUT2D eigenvalue weighted by molar-refractivity contribution is 7.90. The molecule has 1 N–H and O–H groups in total. The van der Waals surface area contributed by atoms with Crippen LogP contribution in [0.2, 0.25) is 0 Å². The smallest absolute Gasteiger partial charge is 0.283 e. The number of nitriles is 1. The van der Waals surface area contributed by atoms with E-state index in [1.54, 1.807) is 24.3 Å². The molecule has 0 radical (unpaired) electrons. The Labute approximate surface area is 158 Å². The second-order valence-electron chi connectivity index (χ2n) is 6.18. The maximum Gasteiger partial charge on any atom is 0.283 e. The van der Waals surface area contributed by atoms with Crippen molar-refractivity contribution < 1.29 is 13.2 Å². The van der Waals surface area contributed by atoms with Crippen molar-refractivity contribution in [1.29, 1.82) is 5.26 Å². The molecule has 0 saturated carbocycles. The van der Waals surface area contributed by atoms with Crippen molar-refractivity contribution in [3.63, 3.8) is 0 Å². The molecule has 138 valence electrons. The molecule has 1 aliphatic heterocycles. The minimum atomic E-state index is -3.78. The Kier molecular flexibility index (Phi) is 5.23. The number of nitrogens with zero attached hydrogens (tertiary/aromatic N) is 3. The quantitative estimate of drug-likeness (QED) is 0.876. The van der Waals surface area contributed by atoms with Crippen molar-refractivity contribution in [1.82, 2.24) is 4.90 Å². The van der Waals surface area contributed by atoms with Crippen molar-refractivity contribution in [2.75, 3.05) is 18.9 Å². The Hall–Kier alpha value is -3.18. The van der Waals surface area contributed by atoms with Crippen LogP contribution in [0.25, 0.3) is 0 Å². The van der Waals surface area contributed by atoms with Gasteiger partial charge in [-0.15, -0.1) is 4.40 Å². The lowest BCUT2D eigenvalue weighted by atomic mass is 10.1. The van der Waals surface area contributed by atoms with Gasteiger partial charge in [-0.2, -0.15) is 13.7 Å². The molecule has 1 amide bonds. The first kappa shape index (κ1) is 18.6. The minimum Gasteiger partial charge on any atom is -0.362 e. The van der Waals surface area contributed by atoms with E-state index >= 15 is 0 Å². The average molecular weight is 382 g/mol. The van der Waals surface area contributed by atoms with E-state index in [0.29, 0.717) is 29.1 Å². The third-order valence-corrected chi connectivity index (χ3v) is 5.57. The number of carbonyl (C=O) groups excluding carboxylic acids is 1. The summed E-state index contributed by atoms with van der Waals surface area (Å²) < 4.78 is 28.8. The zero-order chi connectivity index (χ0) is 19.4. The van der Waals surface area contributed by atoms with Crippen LogP contribution in [0.1, 0.15) is 28.8 Å². The predicted molar refractivity (Wildman–Crippen MR) is 102 cm³/mol. The van der Waals surface area contributed by atoms with Crippen LogP contribution in [0, 0.1) is 11.3 Å². The molecule has 7 nitrogen and oxygen atoms in total. The van der Waals surface area contributed by atoms with E-state index in [9.17, 15) is 13.2 Å². The Bertz CT molecular complexity index is 1020. The summed E-state index contributed by atoms with van der Waals surface area (Å²) in [6, 6.07) is 14.1. The number of amidine groups is 1. The fourth-order valence-corrected chi connectivity index (χ4v) is 3.80. The highest BCUT2D eigenvalue weighted by atomic mass is 32.2. The van der Waals surface area contributed by atoms with Crippen LogP contribution in [0.4, 0.5) is 5.69 Å². The van der Waals surface area contributed by atoms with Crippen LogP contribution in [0.5, 0.6) is 0 Å². The standard InChI is InChI=1S/C19H18N4O3S/c1-23-12-2-3-18(23)22-27(25,26)17-10-8-16(9-11-17)21-19(24)15-6-4-14(13-20)5-7-15/h4-11H,2-3,12H2,1H3,(H,21,24)/b22-18+. The number of nitrogens with one attached hydrogen (secondary N) is 1. The number of rotatable bonds is 4. The highest BCUT2D eigenvalue weighted by Gasteiger charge is 2.20. The van der Waals surface area contributed by atoms with E-state index in [1.807, 2.05) is 18.0 Å². The molecule has 1 fully saturated rings. The molecule has 8 heteroatoms. The third-order valence-electron chi connectivity index (χ3n) is 4.25. The molecule has 1 saturated heterocycles. The zero-order valence-corrected chi connectivity index (χ0v) is 15.5. The Morgan fingerprint density at radius 1 is 1.15 bits per heavy atom. The molecular weight excluding hydrogens is 364 g/mol. The number of hydrogen-bond donors (Lipinski definition) is 1. The van der Waals surface area contributed by atoms with Gasteiger partial charge in [0.05, 0.1) is 16.5 Å². The van der Waals surface area contributed by atoms with E-state index in [1.165, 1.54) is 24.3 Å². The lowest BCUT2D eigenvalue weighted by Crippen LogP contribution is -2.20. The largest absolute Gasteiger partial charge is 0.362 e. The van der Waals surface area contributed by atoms with E-state index < -0.39 is 10.0 Å². The summed E-state index contributed by atoms with van der Waals surface area (Å²) >= 11 is 0. The lowest BCUT2D eigenvalue weighted by molar-refractivity contribution is 0.102. The molecular formula is C19H18N4O3S. The van der Waals surface area contributed by atoms with Crippen LogP contribution in [0.3, 0.4) is 0 Å². The van der Waals surface area contributed by atoms with E-state index in [-0.39, 0.29) is 10.8 Å². The van der Waals surface area contributed by atoms with Gasteiger partial charge in [0.2, 0.25) is 0 Å². The fraction of sp³-hybridized carbons (Fsp3) is 0.211. The van der Waals surface area contributed by atoms with Crippen LogP contribution < -0.4 is 5.32 Å². The number of anilines is 1. The first-order valence-corrected chi connectivity index (χ1v) is 9.79. The van der Waals surface area contributed by atoms with Gasteiger partial charge in [0.1, 0.15) is 5.84 Å². The summed E-state index contributed by atoms with van der Waals surface area (Å²) in [5.74, 6) is 0.219. The van der Waals surface area contributed by atoms with Crippen molar-refractivity contribution in [2.24, 2.45) is 4.40 Å². The van der Waals surface area contributed by atoms with Gasteiger partial charge in [0, 0.05) is 31.3 Å². The SMILES string of the molecule is CN1CCC/C1=N\S(=O)(=O)c1ccc(NC(=O)c2ccc(C#N)cc2)cc1. The molecule has 2 aromatic rings. The number of carbonyl (C=O) groups is 1. The maximum absolute atomic E-state index is 12.4. The molecule has 0 spiro atoms. The molecule has 0 bridgehead atoms. The van der Waals surface area contributed by atoms with Gasteiger partial charge >= 0.3 is 0 Å². The fourth-order valence-electron chi connectivity index (χ4n) is 2.71. The molecule has 3 rings (SSSR count). The number of amides is 1. The molecule has 1 aliphatic rings. The number of hydrogen-bond acceptors (Lipinski definition) is 4. The van der Waals surface area contributed by atoms with Crippen molar-refractivity contribution in [3.05, 3.63) is 59.7 Å². The van der Waals surface area contributed by atoms with Crippen LogP contribution in [0.15, 0.2) is 57.8 Å². The van der Waals surface area contributed by atoms with Gasteiger partial charge in [-0.05, 0) is 55.0 Å². The summed E-state index contributed by atoms with van der Waals surface area (Å²) in [6.45, 7) is 0.800. The second kappa shape index (κ2) is 7.60. The summed E-state index contributed by atoms with van der Waals surface area (Å²) in [7, 11) is -1.96. The molecule has 0 atom stereocenters. The Morgan fingerprint density at radius 2 is 1.81 bits per heavy atom. The van der Waals surface area contributed by atoms with Gasteiger partial charge < -0.3 is 10.2 Å². The minimum absolute atomic E-state index is 0.0756. The van der Waals surface area contributed by atoms with E-state index in [2.05, 4.69) is 9.71 Å². The van der Waals surface area contributed by atoms with Crippen LogP contribution >= 0.6 is 0 Å². The Morgan fingerprint density at radius 3 is 2.37 bits per heavy atom.